The van der Waals surface area contributed by atoms with Gasteiger partial charge in [-0.3, -0.25) is 4.98 Å². The second kappa shape index (κ2) is 4.70. The predicted molar refractivity (Wildman–Crippen MR) is 71.4 cm³/mol. The van der Waals surface area contributed by atoms with Gasteiger partial charge >= 0.3 is 0 Å². The maximum atomic E-state index is 4.63. The first-order valence-electron chi connectivity index (χ1n) is 5.64. The van der Waals surface area contributed by atoms with Gasteiger partial charge in [0.15, 0.2) is 0 Å². The minimum absolute atomic E-state index is 0.777. The molecule has 0 aliphatic rings. The maximum Gasteiger partial charge on any atom is 0.115 e. The molecule has 18 heavy (non-hydrogen) atoms. The van der Waals surface area contributed by atoms with E-state index < -0.39 is 0 Å². The molecular weight excluding hydrogens is 244 g/mol. The summed E-state index contributed by atoms with van der Waals surface area (Å²) in [5.74, 6) is 1.03. The average molecular weight is 256 g/mol. The van der Waals surface area contributed by atoms with Crippen LogP contribution in [-0.4, -0.2) is 19.5 Å². The number of hydrogen-bond acceptors (Lipinski definition) is 4. The number of hydrogen-bond donors (Lipinski definition) is 0. The fourth-order valence-corrected chi connectivity index (χ4v) is 2.55. The van der Waals surface area contributed by atoms with Crippen LogP contribution in [0, 0.1) is 0 Å². The van der Waals surface area contributed by atoms with Crippen molar-refractivity contribution in [3.05, 3.63) is 53.1 Å². The van der Waals surface area contributed by atoms with Crippen molar-refractivity contribution < 1.29 is 0 Å². The van der Waals surface area contributed by atoms with Gasteiger partial charge in [-0.2, -0.15) is 0 Å². The number of imidazole rings is 1. The quantitative estimate of drug-likeness (QED) is 0.723. The number of aryl methyl sites for hydroxylation is 1. The van der Waals surface area contributed by atoms with Crippen LogP contribution in [0.3, 0.4) is 0 Å². The van der Waals surface area contributed by atoms with E-state index in [-0.39, 0.29) is 0 Å². The number of nitrogens with zero attached hydrogens (tertiary/aromatic N) is 4. The SMILES string of the molecule is Cn1ccnc1Cc1nc(-c2ccncc2)cs1. The number of aromatic nitrogens is 4. The Hall–Kier alpha value is -2.01. The molecule has 0 aliphatic carbocycles. The molecule has 4 nitrogen and oxygen atoms in total. The van der Waals surface area contributed by atoms with Gasteiger partial charge in [0.2, 0.25) is 0 Å². The predicted octanol–water partition coefficient (Wildman–Crippen LogP) is 2.53. The van der Waals surface area contributed by atoms with Crippen molar-refractivity contribution in [2.45, 2.75) is 6.42 Å². The zero-order valence-corrected chi connectivity index (χ0v) is 10.8. The zero-order valence-electron chi connectivity index (χ0n) is 9.95. The van der Waals surface area contributed by atoms with Crippen molar-refractivity contribution in [3.8, 4) is 11.3 Å². The molecule has 0 fully saturated rings. The van der Waals surface area contributed by atoms with Gasteiger partial charge in [0.1, 0.15) is 10.8 Å². The fraction of sp³-hybridized carbons (Fsp3) is 0.154. The summed E-state index contributed by atoms with van der Waals surface area (Å²) in [5, 5.41) is 3.16. The zero-order chi connectivity index (χ0) is 12.4. The highest BCUT2D eigenvalue weighted by molar-refractivity contribution is 7.10. The van der Waals surface area contributed by atoms with Crippen LogP contribution in [0.2, 0.25) is 0 Å². The topological polar surface area (TPSA) is 43.6 Å². The van der Waals surface area contributed by atoms with Crippen molar-refractivity contribution in [1.82, 2.24) is 19.5 Å². The van der Waals surface area contributed by atoms with Crippen LogP contribution in [0.1, 0.15) is 10.8 Å². The minimum atomic E-state index is 0.777. The third-order valence-electron chi connectivity index (χ3n) is 2.76. The van der Waals surface area contributed by atoms with E-state index in [4.69, 9.17) is 0 Å². The molecule has 0 radical (unpaired) electrons. The van der Waals surface area contributed by atoms with Crippen molar-refractivity contribution in [2.75, 3.05) is 0 Å². The largest absolute Gasteiger partial charge is 0.338 e. The summed E-state index contributed by atoms with van der Waals surface area (Å²) in [6.45, 7) is 0. The molecule has 0 unspecified atom stereocenters. The molecular formula is C13H12N4S. The monoisotopic (exact) mass is 256 g/mol. The third-order valence-corrected chi connectivity index (χ3v) is 3.61. The molecule has 3 aromatic heterocycles. The van der Waals surface area contributed by atoms with E-state index in [1.807, 2.05) is 36.1 Å². The molecule has 5 heteroatoms. The van der Waals surface area contributed by atoms with E-state index in [2.05, 4.69) is 20.3 Å². The molecule has 0 saturated heterocycles. The standard InChI is InChI=1S/C13H12N4S/c1-17-7-6-15-12(17)8-13-16-11(9-18-13)10-2-4-14-5-3-10/h2-7,9H,8H2,1H3. The Morgan fingerprint density at radius 1 is 1.22 bits per heavy atom. The van der Waals surface area contributed by atoms with Gasteiger partial charge in [0.05, 0.1) is 12.1 Å². The molecule has 0 aromatic carbocycles. The number of rotatable bonds is 3. The van der Waals surface area contributed by atoms with Crippen LogP contribution in [0.15, 0.2) is 42.3 Å². The summed E-state index contributed by atoms with van der Waals surface area (Å²) in [6, 6.07) is 3.94. The number of pyridine rings is 1. The molecule has 0 amide bonds. The normalized spacial score (nSPS) is 10.7. The highest BCUT2D eigenvalue weighted by Crippen LogP contribution is 2.22. The molecule has 0 saturated carbocycles. The van der Waals surface area contributed by atoms with Gasteiger partial charge in [0.25, 0.3) is 0 Å². The lowest BCUT2D eigenvalue weighted by atomic mass is 10.2. The van der Waals surface area contributed by atoms with Crippen molar-refractivity contribution in [3.63, 3.8) is 0 Å². The Labute approximate surface area is 109 Å². The lowest BCUT2D eigenvalue weighted by molar-refractivity contribution is 0.819. The lowest BCUT2D eigenvalue weighted by Gasteiger charge is -1.98. The van der Waals surface area contributed by atoms with Crippen LogP contribution >= 0.6 is 11.3 Å². The molecule has 0 aliphatic heterocycles. The van der Waals surface area contributed by atoms with E-state index in [1.165, 1.54) is 0 Å². The summed E-state index contributed by atoms with van der Waals surface area (Å²) in [6.07, 6.45) is 8.11. The van der Waals surface area contributed by atoms with Crippen LogP contribution in [0.5, 0.6) is 0 Å². The highest BCUT2D eigenvalue weighted by atomic mass is 32.1. The summed E-state index contributed by atoms with van der Waals surface area (Å²) < 4.78 is 2.02. The average Bonchev–Trinajstić information content (AvgIpc) is 3.02. The summed E-state index contributed by atoms with van der Waals surface area (Å²) in [5.41, 5.74) is 2.11. The van der Waals surface area contributed by atoms with E-state index in [0.29, 0.717) is 0 Å². The molecule has 90 valence electrons. The van der Waals surface area contributed by atoms with E-state index in [9.17, 15) is 0 Å². The lowest BCUT2D eigenvalue weighted by Crippen LogP contribution is -1.97. The van der Waals surface area contributed by atoms with Crippen molar-refractivity contribution in [2.24, 2.45) is 7.05 Å². The third kappa shape index (κ3) is 2.17. The van der Waals surface area contributed by atoms with E-state index in [1.54, 1.807) is 23.7 Å². The van der Waals surface area contributed by atoms with Gasteiger partial charge in [-0.05, 0) is 12.1 Å². The second-order valence-electron chi connectivity index (χ2n) is 3.99. The first kappa shape index (κ1) is 11.1. The first-order valence-corrected chi connectivity index (χ1v) is 6.52. The van der Waals surface area contributed by atoms with Crippen LogP contribution in [0.4, 0.5) is 0 Å². The Kier molecular flexibility index (Phi) is 2.90. The molecule has 0 bridgehead atoms. The van der Waals surface area contributed by atoms with Crippen LogP contribution < -0.4 is 0 Å². The van der Waals surface area contributed by atoms with Gasteiger partial charge in [0, 0.05) is 42.8 Å². The fourth-order valence-electron chi connectivity index (χ4n) is 1.75. The van der Waals surface area contributed by atoms with Crippen LogP contribution in [0.25, 0.3) is 11.3 Å². The van der Waals surface area contributed by atoms with E-state index in [0.717, 1.165) is 28.5 Å². The number of thiazole rings is 1. The van der Waals surface area contributed by atoms with Crippen LogP contribution in [-0.2, 0) is 13.5 Å². The molecule has 3 aromatic rings. The molecule has 0 N–H and O–H groups in total. The molecule has 0 spiro atoms. The molecule has 3 rings (SSSR count). The maximum absolute atomic E-state index is 4.63. The Balaban J connectivity index is 1.84. The summed E-state index contributed by atoms with van der Waals surface area (Å²) in [7, 11) is 2.00. The first-order chi connectivity index (χ1) is 8.83. The molecule has 3 heterocycles. The van der Waals surface area contributed by atoms with Gasteiger partial charge in [-0.25, -0.2) is 9.97 Å². The smallest absolute Gasteiger partial charge is 0.115 e. The Morgan fingerprint density at radius 2 is 2.06 bits per heavy atom. The van der Waals surface area contributed by atoms with Crippen molar-refractivity contribution in [1.29, 1.82) is 0 Å². The summed E-state index contributed by atoms with van der Waals surface area (Å²) in [4.78, 5) is 13.0. The highest BCUT2D eigenvalue weighted by Gasteiger charge is 2.07. The Morgan fingerprint density at radius 3 is 2.78 bits per heavy atom. The van der Waals surface area contributed by atoms with E-state index >= 15 is 0 Å². The minimum Gasteiger partial charge on any atom is -0.338 e. The Bertz CT molecular complexity index is 642. The summed E-state index contributed by atoms with van der Waals surface area (Å²) >= 11 is 1.67. The second-order valence-corrected chi connectivity index (χ2v) is 4.94. The van der Waals surface area contributed by atoms with Gasteiger partial charge in [-0.15, -0.1) is 11.3 Å². The van der Waals surface area contributed by atoms with Gasteiger partial charge in [-0.1, -0.05) is 0 Å². The molecule has 0 atom stereocenters. The van der Waals surface area contributed by atoms with Crippen molar-refractivity contribution >= 4 is 11.3 Å². The van der Waals surface area contributed by atoms with Gasteiger partial charge < -0.3 is 4.57 Å².